The summed E-state index contributed by atoms with van der Waals surface area (Å²) in [5, 5.41) is 12.5. The maximum Gasteiger partial charge on any atom is 0.326 e. The molecule has 6 nitrogen and oxygen atoms in total. The maximum atomic E-state index is 13.0. The molecule has 6 heteroatoms. The molecule has 0 aliphatic carbocycles. The maximum absolute atomic E-state index is 13.0. The first-order valence-corrected chi connectivity index (χ1v) is 12.4. The molecule has 1 fully saturated rings. The molecule has 2 atom stereocenters. The van der Waals surface area contributed by atoms with Gasteiger partial charge in [-0.25, -0.2) is 4.79 Å². The van der Waals surface area contributed by atoms with Crippen LogP contribution in [0.4, 0.5) is 0 Å². The summed E-state index contributed by atoms with van der Waals surface area (Å²) >= 11 is 0. The summed E-state index contributed by atoms with van der Waals surface area (Å²) in [6.45, 7) is 2.97. The van der Waals surface area contributed by atoms with E-state index in [4.69, 9.17) is 0 Å². The third kappa shape index (κ3) is 6.60. The Balaban J connectivity index is 1.35. The summed E-state index contributed by atoms with van der Waals surface area (Å²) in [5.41, 5.74) is 5.11. The third-order valence-electron chi connectivity index (χ3n) is 6.74. The minimum absolute atomic E-state index is 0.0119. The molecule has 0 spiro atoms. The normalized spacial score (nSPS) is 16.2. The highest BCUT2D eigenvalue weighted by Gasteiger charge is 2.31. The molecule has 0 bridgehead atoms. The van der Waals surface area contributed by atoms with Crippen LogP contribution in [0.2, 0.25) is 0 Å². The fraction of sp³-hybridized carbons (Fsp3) is 0.300. The Morgan fingerprint density at radius 3 is 2.19 bits per heavy atom. The van der Waals surface area contributed by atoms with Crippen LogP contribution in [0.3, 0.4) is 0 Å². The molecule has 3 aromatic rings. The van der Waals surface area contributed by atoms with Gasteiger partial charge >= 0.3 is 5.97 Å². The second-order valence-electron chi connectivity index (χ2n) is 9.51. The number of benzene rings is 3. The SMILES string of the molecule is Cc1ccc(-c2ccc(C[C@H](NC(=O)C3CCCN(C(=O)Cc4ccccc4)C3)C(=O)O)cc2)cc1. The Morgan fingerprint density at radius 1 is 0.917 bits per heavy atom. The zero-order valence-corrected chi connectivity index (χ0v) is 20.5. The Morgan fingerprint density at radius 2 is 1.56 bits per heavy atom. The minimum atomic E-state index is -1.07. The highest BCUT2D eigenvalue weighted by Crippen LogP contribution is 2.22. The standard InChI is InChI=1S/C30H32N2O4/c1-21-9-13-24(14-10-21)25-15-11-23(12-16-25)18-27(30(35)36)31-29(34)26-8-5-17-32(20-26)28(33)19-22-6-3-2-4-7-22/h2-4,6-7,9-16,26-27H,5,8,17-20H2,1H3,(H,31,34)(H,35,36)/t26?,27-/m0/s1. The lowest BCUT2D eigenvalue weighted by Gasteiger charge is -2.32. The van der Waals surface area contributed by atoms with Crippen LogP contribution in [0.25, 0.3) is 11.1 Å². The van der Waals surface area contributed by atoms with Crippen LogP contribution in [0, 0.1) is 12.8 Å². The molecule has 0 radical (unpaired) electrons. The van der Waals surface area contributed by atoms with Gasteiger partial charge in [0, 0.05) is 19.5 Å². The molecule has 0 saturated carbocycles. The van der Waals surface area contributed by atoms with E-state index in [-0.39, 0.29) is 18.2 Å². The van der Waals surface area contributed by atoms with Crippen molar-refractivity contribution in [3.63, 3.8) is 0 Å². The van der Waals surface area contributed by atoms with Crippen molar-refractivity contribution < 1.29 is 19.5 Å². The van der Waals surface area contributed by atoms with Crippen molar-refractivity contribution in [2.24, 2.45) is 5.92 Å². The van der Waals surface area contributed by atoms with Gasteiger partial charge in [0.1, 0.15) is 6.04 Å². The summed E-state index contributed by atoms with van der Waals surface area (Å²) in [6.07, 6.45) is 1.85. The fourth-order valence-electron chi connectivity index (χ4n) is 4.60. The van der Waals surface area contributed by atoms with Crippen molar-refractivity contribution in [2.45, 2.75) is 38.6 Å². The zero-order valence-electron chi connectivity index (χ0n) is 20.5. The largest absolute Gasteiger partial charge is 0.480 e. The first kappa shape index (κ1) is 25.2. The predicted octanol–water partition coefficient (Wildman–Crippen LogP) is 4.26. The summed E-state index contributed by atoms with van der Waals surface area (Å²) in [5.74, 6) is -1.80. The van der Waals surface area contributed by atoms with Crippen molar-refractivity contribution in [1.29, 1.82) is 0 Å². The number of aliphatic carboxylic acids is 1. The van der Waals surface area contributed by atoms with Crippen LogP contribution in [-0.4, -0.2) is 46.9 Å². The Labute approximate surface area is 212 Å². The van der Waals surface area contributed by atoms with Gasteiger partial charge in [-0.1, -0.05) is 84.4 Å². The van der Waals surface area contributed by atoms with Gasteiger partial charge in [-0.05, 0) is 42.0 Å². The highest BCUT2D eigenvalue weighted by atomic mass is 16.4. The number of hydrogen-bond donors (Lipinski definition) is 2. The van der Waals surface area contributed by atoms with Crippen molar-refractivity contribution >= 4 is 17.8 Å². The number of nitrogens with zero attached hydrogens (tertiary/aromatic N) is 1. The summed E-state index contributed by atoms with van der Waals surface area (Å²) < 4.78 is 0. The summed E-state index contributed by atoms with van der Waals surface area (Å²) in [4.78, 5) is 39.4. The van der Waals surface area contributed by atoms with E-state index in [9.17, 15) is 19.5 Å². The molecule has 186 valence electrons. The van der Waals surface area contributed by atoms with Gasteiger partial charge in [0.05, 0.1) is 12.3 Å². The summed E-state index contributed by atoms with van der Waals surface area (Å²) in [7, 11) is 0. The third-order valence-corrected chi connectivity index (χ3v) is 6.74. The zero-order chi connectivity index (χ0) is 25.5. The average Bonchev–Trinajstić information content (AvgIpc) is 2.90. The van der Waals surface area contributed by atoms with Gasteiger partial charge in [0.15, 0.2) is 0 Å². The Bertz CT molecular complexity index is 1190. The van der Waals surface area contributed by atoms with Crippen LogP contribution in [0.1, 0.15) is 29.5 Å². The molecule has 4 rings (SSSR count). The molecule has 2 amide bonds. The number of rotatable bonds is 8. The van der Waals surface area contributed by atoms with Gasteiger partial charge in [0.2, 0.25) is 11.8 Å². The van der Waals surface area contributed by atoms with Gasteiger partial charge in [-0.2, -0.15) is 0 Å². The van der Waals surface area contributed by atoms with E-state index in [0.717, 1.165) is 28.7 Å². The molecule has 1 saturated heterocycles. The number of carbonyl (C=O) groups excluding carboxylic acids is 2. The first-order valence-electron chi connectivity index (χ1n) is 12.4. The number of likely N-dealkylation sites (tertiary alicyclic amines) is 1. The van der Waals surface area contributed by atoms with E-state index < -0.39 is 17.9 Å². The van der Waals surface area contributed by atoms with Crippen LogP contribution >= 0.6 is 0 Å². The second-order valence-corrected chi connectivity index (χ2v) is 9.51. The Hall–Kier alpha value is -3.93. The van der Waals surface area contributed by atoms with Crippen LogP contribution in [0.5, 0.6) is 0 Å². The van der Waals surface area contributed by atoms with E-state index in [1.54, 1.807) is 4.90 Å². The molecule has 36 heavy (non-hydrogen) atoms. The number of carboxylic acids is 1. The fourth-order valence-corrected chi connectivity index (χ4v) is 4.60. The van der Waals surface area contributed by atoms with E-state index >= 15 is 0 Å². The number of carbonyl (C=O) groups is 3. The quantitative estimate of drug-likeness (QED) is 0.500. The molecule has 3 aromatic carbocycles. The van der Waals surface area contributed by atoms with Crippen molar-refractivity contribution in [3.05, 3.63) is 95.6 Å². The van der Waals surface area contributed by atoms with E-state index in [1.165, 1.54) is 5.56 Å². The van der Waals surface area contributed by atoms with E-state index in [1.807, 2.05) is 61.5 Å². The Kier molecular flexibility index (Phi) is 8.16. The van der Waals surface area contributed by atoms with Crippen LogP contribution in [0.15, 0.2) is 78.9 Å². The van der Waals surface area contributed by atoms with E-state index in [2.05, 4.69) is 29.6 Å². The monoisotopic (exact) mass is 484 g/mol. The lowest BCUT2D eigenvalue weighted by atomic mass is 9.95. The molecule has 1 unspecified atom stereocenters. The molecule has 1 aliphatic heterocycles. The smallest absolute Gasteiger partial charge is 0.326 e. The number of amides is 2. The molecular formula is C30H32N2O4. The van der Waals surface area contributed by atoms with Gasteiger partial charge in [0.25, 0.3) is 0 Å². The number of hydrogen-bond acceptors (Lipinski definition) is 3. The van der Waals surface area contributed by atoms with Crippen molar-refractivity contribution in [2.75, 3.05) is 13.1 Å². The lowest BCUT2D eigenvalue weighted by molar-refractivity contribution is -0.143. The van der Waals surface area contributed by atoms with Crippen LogP contribution < -0.4 is 5.32 Å². The van der Waals surface area contributed by atoms with E-state index in [0.29, 0.717) is 25.9 Å². The van der Waals surface area contributed by atoms with Gasteiger partial charge in [-0.3, -0.25) is 9.59 Å². The molecular weight excluding hydrogens is 452 g/mol. The van der Waals surface area contributed by atoms with Gasteiger partial charge in [-0.15, -0.1) is 0 Å². The van der Waals surface area contributed by atoms with Crippen molar-refractivity contribution in [1.82, 2.24) is 10.2 Å². The first-order chi connectivity index (χ1) is 17.4. The minimum Gasteiger partial charge on any atom is -0.480 e. The van der Waals surface area contributed by atoms with Crippen LogP contribution in [-0.2, 0) is 27.2 Å². The number of piperidine rings is 1. The molecule has 1 aliphatic rings. The molecule has 2 N–H and O–H groups in total. The van der Waals surface area contributed by atoms with Crippen molar-refractivity contribution in [3.8, 4) is 11.1 Å². The number of aryl methyl sites for hydroxylation is 1. The number of carboxylic acid groups (broad SMARTS) is 1. The lowest BCUT2D eigenvalue weighted by Crippen LogP contribution is -2.50. The average molecular weight is 485 g/mol. The molecule has 0 aromatic heterocycles. The second kappa shape index (κ2) is 11.7. The molecule has 1 heterocycles. The number of nitrogens with one attached hydrogen (secondary N) is 1. The van der Waals surface area contributed by atoms with Gasteiger partial charge < -0.3 is 15.3 Å². The topological polar surface area (TPSA) is 86.7 Å². The summed E-state index contributed by atoms with van der Waals surface area (Å²) in [6, 6.07) is 24.5. The highest BCUT2D eigenvalue weighted by molar-refractivity contribution is 5.86. The predicted molar refractivity (Wildman–Crippen MR) is 139 cm³/mol.